The van der Waals surface area contributed by atoms with E-state index in [1.54, 1.807) is 18.2 Å². The summed E-state index contributed by atoms with van der Waals surface area (Å²) in [7, 11) is 1.49. The first kappa shape index (κ1) is 28.7. The van der Waals surface area contributed by atoms with Gasteiger partial charge in [0.1, 0.15) is 4.88 Å². The van der Waals surface area contributed by atoms with Gasteiger partial charge in [-0.2, -0.15) is 5.10 Å². The number of halogens is 1. The third-order valence-electron chi connectivity index (χ3n) is 6.02. The Bertz CT molecular complexity index is 1210. The van der Waals surface area contributed by atoms with Crippen LogP contribution in [0.3, 0.4) is 0 Å². The maximum Gasteiger partial charge on any atom is 0.355 e. The van der Waals surface area contributed by atoms with Crippen LogP contribution >= 0.6 is 22.9 Å². The normalized spacial score (nSPS) is 11.2. The summed E-state index contributed by atoms with van der Waals surface area (Å²) in [5.41, 5.74) is 3.27. The second kappa shape index (κ2) is 15.4. The second-order valence-corrected chi connectivity index (χ2v) is 10.3. The van der Waals surface area contributed by atoms with Crippen LogP contribution < -0.4 is 14.9 Å². The van der Waals surface area contributed by atoms with E-state index in [4.69, 9.17) is 21.1 Å². The molecule has 0 fully saturated rings. The molecule has 8 heteroatoms. The molecule has 3 aromatic rings. The largest absolute Gasteiger partial charge is 0.493 e. The highest BCUT2D eigenvalue weighted by atomic mass is 35.5. The Kier molecular flexibility index (Phi) is 11.9. The van der Waals surface area contributed by atoms with Gasteiger partial charge >= 0.3 is 5.97 Å². The van der Waals surface area contributed by atoms with Crippen LogP contribution in [0.1, 0.15) is 86.4 Å². The highest BCUT2D eigenvalue weighted by molar-refractivity contribution is 7.21. The summed E-state index contributed by atoms with van der Waals surface area (Å²) in [5, 5.41) is 5.24. The van der Waals surface area contributed by atoms with Crippen molar-refractivity contribution in [2.75, 3.05) is 7.11 Å². The number of unbranched alkanes of at least 4 members (excludes halogenated alkanes) is 8. The minimum absolute atomic E-state index is 0.100. The van der Waals surface area contributed by atoms with Gasteiger partial charge in [0.05, 0.1) is 18.3 Å². The van der Waals surface area contributed by atoms with Gasteiger partial charge in [0.2, 0.25) is 5.91 Å². The van der Waals surface area contributed by atoms with Crippen LogP contribution in [0.5, 0.6) is 11.5 Å². The number of ether oxygens (including phenoxy) is 2. The van der Waals surface area contributed by atoms with E-state index in [0.717, 1.165) is 22.9 Å². The fourth-order valence-corrected chi connectivity index (χ4v) is 5.36. The van der Waals surface area contributed by atoms with Gasteiger partial charge in [-0.25, -0.2) is 10.2 Å². The van der Waals surface area contributed by atoms with Crippen LogP contribution in [-0.4, -0.2) is 25.2 Å². The van der Waals surface area contributed by atoms with E-state index in [1.807, 2.05) is 24.3 Å². The molecule has 0 saturated heterocycles. The summed E-state index contributed by atoms with van der Waals surface area (Å²) in [6.07, 6.45) is 12.9. The third-order valence-corrected chi connectivity index (χ3v) is 7.68. The van der Waals surface area contributed by atoms with Crippen LogP contribution in [0.4, 0.5) is 0 Å². The van der Waals surface area contributed by atoms with Crippen LogP contribution in [0, 0.1) is 0 Å². The van der Waals surface area contributed by atoms with Gasteiger partial charge in [-0.15, -0.1) is 11.3 Å². The van der Waals surface area contributed by atoms with Gasteiger partial charge in [-0.3, -0.25) is 4.79 Å². The summed E-state index contributed by atoms with van der Waals surface area (Å²) >= 11 is 7.69. The number of nitrogens with zero attached hydrogens (tertiary/aromatic N) is 1. The Morgan fingerprint density at radius 2 is 1.68 bits per heavy atom. The van der Waals surface area contributed by atoms with Crippen molar-refractivity contribution in [3.05, 3.63) is 57.9 Å². The molecule has 0 aliphatic carbocycles. The number of amides is 1. The van der Waals surface area contributed by atoms with Gasteiger partial charge in [0.15, 0.2) is 11.5 Å². The first-order valence-corrected chi connectivity index (χ1v) is 14.1. The van der Waals surface area contributed by atoms with Crippen molar-refractivity contribution in [2.45, 2.75) is 71.1 Å². The quantitative estimate of drug-likeness (QED) is 0.0690. The number of hydrogen-bond acceptors (Lipinski definition) is 6. The fourth-order valence-electron chi connectivity index (χ4n) is 3.97. The summed E-state index contributed by atoms with van der Waals surface area (Å²) in [6.45, 7) is 2.23. The maximum atomic E-state index is 12.8. The van der Waals surface area contributed by atoms with Crippen molar-refractivity contribution in [1.29, 1.82) is 0 Å². The predicted octanol–water partition coefficient (Wildman–Crippen LogP) is 8.15. The van der Waals surface area contributed by atoms with E-state index >= 15 is 0 Å². The van der Waals surface area contributed by atoms with Gasteiger partial charge < -0.3 is 9.47 Å². The van der Waals surface area contributed by atoms with E-state index in [2.05, 4.69) is 17.5 Å². The van der Waals surface area contributed by atoms with Crippen molar-refractivity contribution in [3.8, 4) is 11.5 Å². The molecule has 198 valence electrons. The smallest absolute Gasteiger partial charge is 0.355 e. The van der Waals surface area contributed by atoms with E-state index < -0.39 is 5.97 Å². The molecular formula is C29H35ClN2O4S. The molecule has 1 N–H and O–H groups in total. The number of esters is 1. The minimum atomic E-state index is -0.547. The molecule has 0 atom stereocenters. The van der Waals surface area contributed by atoms with E-state index in [0.29, 0.717) is 27.6 Å². The van der Waals surface area contributed by atoms with Crippen LogP contribution in [0.15, 0.2) is 47.6 Å². The Balaban J connectivity index is 1.45. The number of hydrogen-bond donors (Lipinski definition) is 1. The lowest BCUT2D eigenvalue weighted by Gasteiger charge is -2.09. The van der Waals surface area contributed by atoms with Gasteiger partial charge in [-0.1, -0.05) is 88.1 Å². The van der Waals surface area contributed by atoms with Crippen molar-refractivity contribution in [1.82, 2.24) is 5.43 Å². The number of thiophene rings is 1. The third kappa shape index (κ3) is 8.86. The molecule has 37 heavy (non-hydrogen) atoms. The predicted molar refractivity (Wildman–Crippen MR) is 152 cm³/mol. The Labute approximate surface area is 228 Å². The SMILES string of the molecule is CCCCCCCCCCCC(=O)N/N=C\c1ccc(OC(=O)c2sc3ccccc3c2Cl)c(OC)c1. The number of methoxy groups -OCH3 is 1. The first-order chi connectivity index (χ1) is 18.0. The number of fused-ring (bicyclic) bond motifs is 1. The van der Waals surface area contributed by atoms with Gasteiger partial charge in [0, 0.05) is 16.5 Å². The summed E-state index contributed by atoms with van der Waals surface area (Å²) < 4.78 is 11.9. The van der Waals surface area contributed by atoms with E-state index in [-0.39, 0.29) is 11.7 Å². The highest BCUT2D eigenvalue weighted by Crippen LogP contribution is 2.37. The summed E-state index contributed by atoms with van der Waals surface area (Å²) in [4.78, 5) is 25.2. The molecule has 0 bridgehead atoms. The zero-order valence-corrected chi connectivity index (χ0v) is 23.1. The van der Waals surface area contributed by atoms with Crippen molar-refractivity contribution >= 4 is 51.1 Å². The molecule has 1 heterocycles. The number of carbonyl (C=O) groups excluding carboxylic acids is 2. The molecule has 0 spiro atoms. The van der Waals surface area contributed by atoms with E-state index in [1.165, 1.54) is 69.6 Å². The maximum absolute atomic E-state index is 12.8. The molecule has 3 rings (SSSR count). The zero-order valence-electron chi connectivity index (χ0n) is 21.6. The molecule has 0 aliphatic rings. The van der Waals surface area contributed by atoms with Crippen LogP contribution in [0.2, 0.25) is 5.02 Å². The van der Waals surface area contributed by atoms with E-state index in [9.17, 15) is 9.59 Å². The molecule has 0 radical (unpaired) electrons. The number of benzene rings is 2. The van der Waals surface area contributed by atoms with Crippen LogP contribution in [-0.2, 0) is 4.79 Å². The molecule has 0 saturated carbocycles. The first-order valence-electron chi connectivity index (χ1n) is 12.9. The standard InChI is InChI=1S/C29H35ClN2O4S/c1-3-4-5-6-7-8-9-10-11-16-26(33)32-31-20-21-17-18-23(24(19-21)35-2)36-29(34)28-27(30)22-14-12-13-15-25(22)37-28/h12-15,17-20H,3-11,16H2,1-2H3,(H,32,33)/b31-20-. The lowest BCUT2D eigenvalue weighted by molar-refractivity contribution is -0.121. The number of carbonyl (C=O) groups is 2. The van der Waals surface area contributed by atoms with Gasteiger partial charge in [-0.05, 0) is 36.2 Å². The van der Waals surface area contributed by atoms with Crippen molar-refractivity contribution in [3.63, 3.8) is 0 Å². The Morgan fingerprint density at radius 3 is 2.38 bits per heavy atom. The Morgan fingerprint density at radius 1 is 0.973 bits per heavy atom. The monoisotopic (exact) mass is 542 g/mol. The average molecular weight is 543 g/mol. The molecular weight excluding hydrogens is 508 g/mol. The molecule has 0 aliphatic heterocycles. The molecule has 0 unspecified atom stereocenters. The number of rotatable bonds is 15. The second-order valence-electron chi connectivity index (χ2n) is 8.91. The van der Waals surface area contributed by atoms with Crippen molar-refractivity contribution < 1.29 is 19.1 Å². The van der Waals surface area contributed by atoms with Crippen molar-refractivity contribution in [2.24, 2.45) is 5.10 Å². The lowest BCUT2D eigenvalue weighted by Crippen LogP contribution is -2.16. The topological polar surface area (TPSA) is 77.0 Å². The van der Waals surface area contributed by atoms with Crippen LogP contribution in [0.25, 0.3) is 10.1 Å². The number of nitrogens with one attached hydrogen (secondary N) is 1. The lowest BCUT2D eigenvalue weighted by atomic mass is 10.1. The molecule has 6 nitrogen and oxygen atoms in total. The number of hydrazone groups is 1. The average Bonchev–Trinajstić information content (AvgIpc) is 3.25. The molecule has 2 aromatic carbocycles. The summed E-state index contributed by atoms with van der Waals surface area (Å²) in [5.74, 6) is -0.00489. The Hall–Kier alpha value is -2.90. The molecule has 1 aromatic heterocycles. The highest BCUT2D eigenvalue weighted by Gasteiger charge is 2.20. The minimum Gasteiger partial charge on any atom is -0.493 e. The van der Waals surface area contributed by atoms with Gasteiger partial charge in [0.25, 0.3) is 0 Å². The summed E-state index contributed by atoms with van der Waals surface area (Å²) in [6, 6.07) is 12.6. The fraction of sp³-hybridized carbons (Fsp3) is 0.414. The molecule has 1 amide bonds. The zero-order chi connectivity index (χ0) is 26.5.